The molecule has 1 N–H and O–H groups in total. The smallest absolute Gasteiger partial charge is 0.459 e. The molecule has 0 spiro atoms. The van der Waals surface area contributed by atoms with Gasteiger partial charge in [-0.2, -0.15) is 13.2 Å². The van der Waals surface area contributed by atoms with Gasteiger partial charge in [0.25, 0.3) is 0 Å². The largest absolute Gasteiger partial charge is 0.472 e. The van der Waals surface area contributed by atoms with E-state index in [1.165, 1.54) is 0 Å². The van der Waals surface area contributed by atoms with E-state index in [0.29, 0.717) is 0 Å². The highest BCUT2D eigenvalue weighted by Crippen LogP contribution is 2.38. The first-order valence-corrected chi connectivity index (χ1v) is 5.56. The highest BCUT2D eigenvalue weighted by Gasteiger charge is 2.57. The average Bonchev–Trinajstić information content (AvgIpc) is 2.69. The normalized spacial score (nSPS) is 31.9. The Hall–Kier alpha value is -1.31. The standard InChI is InChI=1S/C10H13F3N2O3/c1-4(2)6-5-3-15(7(6)8(16)18-5)14-9(17)10(11,12)13/h4-7H,3H2,1-2H3,(H,14,17)/t5-,6-,7+/m0/s1. The molecule has 3 atom stereocenters. The van der Waals surface area contributed by atoms with Gasteiger partial charge in [-0.25, -0.2) is 5.01 Å². The minimum Gasteiger partial charge on any atom is -0.459 e. The molecule has 0 aromatic rings. The third-order valence-corrected chi connectivity index (χ3v) is 3.29. The van der Waals surface area contributed by atoms with E-state index in [9.17, 15) is 22.8 Å². The maximum Gasteiger partial charge on any atom is 0.472 e. The quantitative estimate of drug-likeness (QED) is 0.738. The van der Waals surface area contributed by atoms with Crippen LogP contribution in [0.3, 0.4) is 0 Å². The molecule has 2 aliphatic heterocycles. The summed E-state index contributed by atoms with van der Waals surface area (Å²) >= 11 is 0. The van der Waals surface area contributed by atoms with Crippen LogP contribution in [-0.2, 0) is 14.3 Å². The lowest BCUT2D eigenvalue weighted by Gasteiger charge is -2.26. The van der Waals surface area contributed by atoms with Gasteiger partial charge in [-0.1, -0.05) is 13.8 Å². The minimum absolute atomic E-state index is 0.0826. The van der Waals surface area contributed by atoms with Gasteiger partial charge in [-0.3, -0.25) is 15.0 Å². The minimum atomic E-state index is -4.96. The van der Waals surface area contributed by atoms with Crippen molar-refractivity contribution in [3.05, 3.63) is 0 Å². The number of alkyl halides is 3. The molecule has 0 aromatic heterocycles. The number of carbonyl (C=O) groups excluding carboxylic acids is 2. The Bertz CT molecular complexity index is 383. The summed E-state index contributed by atoms with van der Waals surface area (Å²) in [4.78, 5) is 22.3. The molecule has 0 unspecified atom stereocenters. The van der Waals surface area contributed by atoms with Crippen molar-refractivity contribution in [2.45, 2.75) is 32.2 Å². The first-order valence-electron chi connectivity index (χ1n) is 5.56. The second kappa shape index (κ2) is 4.11. The average molecular weight is 266 g/mol. The van der Waals surface area contributed by atoms with Crippen molar-refractivity contribution >= 4 is 11.9 Å². The second-order valence-corrected chi connectivity index (χ2v) is 4.83. The van der Waals surface area contributed by atoms with Gasteiger partial charge in [0.1, 0.15) is 12.1 Å². The van der Waals surface area contributed by atoms with Crippen LogP contribution in [0.1, 0.15) is 13.8 Å². The molecule has 18 heavy (non-hydrogen) atoms. The van der Waals surface area contributed by atoms with Crippen LogP contribution in [-0.4, -0.2) is 41.8 Å². The summed E-state index contributed by atoms with van der Waals surface area (Å²) in [5.41, 5.74) is 1.73. The van der Waals surface area contributed by atoms with Crippen LogP contribution in [0.15, 0.2) is 0 Å². The molecule has 8 heteroatoms. The number of amides is 1. The second-order valence-electron chi connectivity index (χ2n) is 4.83. The molecule has 2 fully saturated rings. The third kappa shape index (κ3) is 2.05. The molecule has 2 aliphatic rings. The van der Waals surface area contributed by atoms with Gasteiger partial charge >= 0.3 is 18.1 Å². The number of fused-ring (bicyclic) bond motifs is 2. The first-order chi connectivity index (χ1) is 8.21. The van der Waals surface area contributed by atoms with E-state index < -0.39 is 30.2 Å². The molecule has 2 bridgehead atoms. The van der Waals surface area contributed by atoms with Gasteiger partial charge in [-0.15, -0.1) is 0 Å². The van der Waals surface area contributed by atoms with Gasteiger partial charge in [0.2, 0.25) is 0 Å². The SMILES string of the molecule is CC(C)[C@H]1[C@@H]2CN(NC(=O)C(F)(F)F)[C@H]1C(=O)O2. The van der Waals surface area contributed by atoms with Crippen LogP contribution in [0, 0.1) is 11.8 Å². The fourth-order valence-corrected chi connectivity index (χ4v) is 2.56. The van der Waals surface area contributed by atoms with Crippen LogP contribution in [0.5, 0.6) is 0 Å². The van der Waals surface area contributed by atoms with Crippen molar-refractivity contribution < 1.29 is 27.5 Å². The predicted octanol–water partition coefficient (Wildman–Crippen LogP) is 0.462. The zero-order valence-electron chi connectivity index (χ0n) is 9.82. The molecule has 2 heterocycles. The van der Waals surface area contributed by atoms with Crippen LogP contribution in [0.2, 0.25) is 0 Å². The highest BCUT2D eigenvalue weighted by molar-refractivity contribution is 5.83. The van der Waals surface area contributed by atoms with Gasteiger partial charge < -0.3 is 4.74 Å². The van der Waals surface area contributed by atoms with Gasteiger partial charge in [0.15, 0.2) is 0 Å². The van der Waals surface area contributed by atoms with Crippen molar-refractivity contribution in [3.8, 4) is 0 Å². The maximum atomic E-state index is 12.1. The van der Waals surface area contributed by atoms with E-state index >= 15 is 0 Å². The van der Waals surface area contributed by atoms with E-state index in [-0.39, 0.29) is 18.4 Å². The van der Waals surface area contributed by atoms with Crippen LogP contribution in [0.4, 0.5) is 13.2 Å². The van der Waals surface area contributed by atoms with Crippen molar-refractivity contribution in [2.24, 2.45) is 11.8 Å². The lowest BCUT2D eigenvalue weighted by molar-refractivity contribution is -0.181. The van der Waals surface area contributed by atoms with Crippen molar-refractivity contribution in [1.82, 2.24) is 10.4 Å². The molecule has 102 valence electrons. The summed E-state index contributed by atoms with van der Waals surface area (Å²) in [6, 6.07) is -0.818. The van der Waals surface area contributed by atoms with E-state index in [0.717, 1.165) is 5.01 Å². The van der Waals surface area contributed by atoms with Gasteiger partial charge in [0.05, 0.1) is 6.54 Å². The number of halogens is 3. The Morgan fingerprint density at radius 1 is 1.50 bits per heavy atom. The first kappa shape index (κ1) is 13.1. The van der Waals surface area contributed by atoms with E-state index in [4.69, 9.17) is 4.74 Å². The topological polar surface area (TPSA) is 58.6 Å². The third-order valence-electron chi connectivity index (χ3n) is 3.29. The van der Waals surface area contributed by atoms with Crippen LogP contribution in [0.25, 0.3) is 0 Å². The van der Waals surface area contributed by atoms with Crippen LogP contribution >= 0.6 is 0 Å². The number of hydrazine groups is 1. The number of esters is 1. The summed E-state index contributed by atoms with van der Waals surface area (Å²) < 4.78 is 41.4. The van der Waals surface area contributed by atoms with Crippen molar-refractivity contribution in [3.63, 3.8) is 0 Å². The fourth-order valence-electron chi connectivity index (χ4n) is 2.56. The molecule has 0 saturated carbocycles. The number of hydrogen-bond acceptors (Lipinski definition) is 4. The Labute approximate surface area is 101 Å². The zero-order valence-corrected chi connectivity index (χ0v) is 9.82. The Balaban J connectivity index is 2.09. The molecule has 5 nitrogen and oxygen atoms in total. The van der Waals surface area contributed by atoms with Gasteiger partial charge in [0, 0.05) is 5.92 Å². The molecule has 1 amide bonds. The summed E-state index contributed by atoms with van der Waals surface area (Å²) in [5.74, 6) is -2.75. The molecule has 0 aliphatic carbocycles. The fraction of sp³-hybridized carbons (Fsp3) is 0.800. The zero-order chi connectivity index (χ0) is 13.7. The molecule has 0 radical (unpaired) electrons. The summed E-state index contributed by atoms with van der Waals surface area (Å²) in [6.45, 7) is 3.82. The van der Waals surface area contributed by atoms with Gasteiger partial charge in [-0.05, 0) is 5.92 Å². The highest BCUT2D eigenvalue weighted by atomic mass is 19.4. The predicted molar refractivity (Wildman–Crippen MR) is 52.9 cm³/mol. The van der Waals surface area contributed by atoms with E-state index in [2.05, 4.69) is 0 Å². The number of rotatable bonds is 2. The lowest BCUT2D eigenvalue weighted by Crippen LogP contribution is -2.54. The maximum absolute atomic E-state index is 12.1. The summed E-state index contributed by atoms with van der Waals surface area (Å²) in [5, 5.41) is 1.04. The molecule has 2 saturated heterocycles. The Morgan fingerprint density at radius 2 is 2.11 bits per heavy atom. The number of hydrogen-bond donors (Lipinski definition) is 1. The Morgan fingerprint density at radius 3 is 2.56 bits per heavy atom. The number of ether oxygens (including phenoxy) is 1. The molecule has 0 aromatic carbocycles. The number of carbonyl (C=O) groups is 2. The monoisotopic (exact) mass is 266 g/mol. The lowest BCUT2D eigenvalue weighted by atomic mass is 9.89. The van der Waals surface area contributed by atoms with E-state index in [1.807, 2.05) is 13.8 Å². The molecular formula is C10H13F3N2O3. The number of nitrogens with one attached hydrogen (secondary N) is 1. The summed E-state index contributed by atoms with van der Waals surface area (Å²) in [6.07, 6.45) is -5.41. The van der Waals surface area contributed by atoms with Crippen molar-refractivity contribution in [2.75, 3.05) is 6.54 Å². The Kier molecular flexibility index (Phi) is 3.00. The molecule has 2 rings (SSSR count). The van der Waals surface area contributed by atoms with Crippen LogP contribution < -0.4 is 5.43 Å². The molecular weight excluding hydrogens is 253 g/mol. The summed E-state index contributed by atoms with van der Waals surface area (Å²) in [7, 11) is 0. The van der Waals surface area contributed by atoms with E-state index in [1.54, 1.807) is 5.43 Å². The number of nitrogens with zero attached hydrogens (tertiary/aromatic N) is 1. The van der Waals surface area contributed by atoms with Crippen molar-refractivity contribution in [1.29, 1.82) is 0 Å². The number of morpholine rings is 1.